The molecule has 2 atom stereocenters. The lowest BCUT2D eigenvalue weighted by Crippen LogP contribution is -2.40. The first-order valence-electron chi connectivity index (χ1n) is 6.51. The highest BCUT2D eigenvalue weighted by Gasteiger charge is 2.33. The Balaban J connectivity index is 0.00000200. The molecule has 1 aliphatic rings. The smallest absolute Gasteiger partial charge is 0.191 e. The lowest BCUT2D eigenvalue weighted by molar-refractivity contribution is 0.583. The summed E-state index contributed by atoms with van der Waals surface area (Å²) in [6.07, 6.45) is 1.57. The van der Waals surface area contributed by atoms with E-state index in [1.54, 1.807) is 7.05 Å². The van der Waals surface area contributed by atoms with Gasteiger partial charge < -0.3 is 10.6 Å². The fraction of sp³-hybridized carbons (Fsp3) is 0.500. The van der Waals surface area contributed by atoms with Gasteiger partial charge in [-0.15, -0.1) is 24.0 Å². The molecule has 2 unspecified atom stereocenters. The van der Waals surface area contributed by atoms with Gasteiger partial charge in [0.15, 0.2) is 5.96 Å². The van der Waals surface area contributed by atoms with Crippen LogP contribution >= 0.6 is 24.0 Å². The highest BCUT2D eigenvalue weighted by Crippen LogP contribution is 2.28. The van der Waals surface area contributed by atoms with Crippen LogP contribution in [-0.2, 0) is 6.42 Å². The van der Waals surface area contributed by atoms with Crippen molar-refractivity contribution in [2.45, 2.75) is 25.8 Å². The Labute approximate surface area is 135 Å². The molecular formula is C14H20F2IN3. The highest BCUT2D eigenvalue weighted by molar-refractivity contribution is 14.0. The van der Waals surface area contributed by atoms with Gasteiger partial charge in [-0.2, -0.15) is 0 Å². The van der Waals surface area contributed by atoms with E-state index in [1.807, 2.05) is 0 Å². The van der Waals surface area contributed by atoms with Gasteiger partial charge in [0.25, 0.3) is 0 Å². The Morgan fingerprint density at radius 3 is 2.70 bits per heavy atom. The molecule has 0 aliphatic heterocycles. The Bertz CT molecular complexity index is 479. The SMILES string of the molecule is CN=C(NCCc1cc(F)ccc1F)NC1CC1C.I. The number of nitrogens with zero attached hydrogens (tertiary/aromatic N) is 1. The van der Waals surface area contributed by atoms with Crippen molar-refractivity contribution in [3.8, 4) is 0 Å². The van der Waals surface area contributed by atoms with Gasteiger partial charge in [-0.25, -0.2) is 8.78 Å². The molecule has 3 nitrogen and oxygen atoms in total. The van der Waals surface area contributed by atoms with E-state index in [0.717, 1.165) is 18.6 Å². The van der Waals surface area contributed by atoms with Crippen LogP contribution in [0, 0.1) is 17.6 Å². The number of nitrogens with one attached hydrogen (secondary N) is 2. The average Bonchev–Trinajstić information content (AvgIpc) is 3.08. The third kappa shape index (κ3) is 4.88. The molecule has 20 heavy (non-hydrogen) atoms. The van der Waals surface area contributed by atoms with Gasteiger partial charge in [-0.1, -0.05) is 6.92 Å². The summed E-state index contributed by atoms with van der Waals surface area (Å²) in [4.78, 5) is 4.10. The molecule has 0 heterocycles. The van der Waals surface area contributed by atoms with E-state index in [9.17, 15) is 8.78 Å². The zero-order chi connectivity index (χ0) is 13.8. The Morgan fingerprint density at radius 1 is 1.40 bits per heavy atom. The predicted molar refractivity (Wildman–Crippen MR) is 87.5 cm³/mol. The molecule has 1 aromatic rings. The van der Waals surface area contributed by atoms with Gasteiger partial charge in [0.2, 0.25) is 0 Å². The largest absolute Gasteiger partial charge is 0.356 e. The Hall–Kier alpha value is -0.920. The molecule has 0 saturated heterocycles. The van der Waals surface area contributed by atoms with E-state index < -0.39 is 5.82 Å². The van der Waals surface area contributed by atoms with Crippen molar-refractivity contribution in [1.29, 1.82) is 0 Å². The van der Waals surface area contributed by atoms with E-state index in [4.69, 9.17) is 0 Å². The van der Waals surface area contributed by atoms with Crippen molar-refractivity contribution in [2.75, 3.05) is 13.6 Å². The fourth-order valence-corrected chi connectivity index (χ4v) is 1.94. The lowest BCUT2D eigenvalue weighted by Gasteiger charge is -2.11. The van der Waals surface area contributed by atoms with Crippen LogP contribution in [0.3, 0.4) is 0 Å². The highest BCUT2D eigenvalue weighted by atomic mass is 127. The molecule has 0 bridgehead atoms. The van der Waals surface area contributed by atoms with E-state index >= 15 is 0 Å². The van der Waals surface area contributed by atoms with Crippen LogP contribution in [0.1, 0.15) is 18.9 Å². The van der Waals surface area contributed by atoms with Gasteiger partial charge in [-0.05, 0) is 42.5 Å². The van der Waals surface area contributed by atoms with E-state index in [2.05, 4.69) is 22.5 Å². The molecule has 2 rings (SSSR count). The first-order chi connectivity index (χ1) is 9.10. The molecule has 112 valence electrons. The second-order valence-corrected chi connectivity index (χ2v) is 4.95. The van der Waals surface area contributed by atoms with E-state index in [1.165, 1.54) is 6.07 Å². The number of rotatable bonds is 4. The summed E-state index contributed by atoms with van der Waals surface area (Å²) in [7, 11) is 1.70. The molecule has 6 heteroatoms. The normalized spacial score (nSPS) is 21.1. The van der Waals surface area contributed by atoms with Crippen LogP contribution in [0.5, 0.6) is 0 Å². The molecule has 1 saturated carbocycles. The van der Waals surface area contributed by atoms with Crippen LogP contribution in [0.4, 0.5) is 8.78 Å². The number of benzene rings is 1. The summed E-state index contributed by atoms with van der Waals surface area (Å²) in [5.41, 5.74) is 0.378. The van der Waals surface area contributed by atoms with Gasteiger partial charge in [0.05, 0.1) is 0 Å². The number of hydrogen-bond acceptors (Lipinski definition) is 1. The summed E-state index contributed by atoms with van der Waals surface area (Å²) in [6, 6.07) is 4.00. The number of guanidine groups is 1. The third-order valence-electron chi connectivity index (χ3n) is 3.35. The van der Waals surface area contributed by atoms with Gasteiger partial charge in [-0.3, -0.25) is 4.99 Å². The lowest BCUT2D eigenvalue weighted by atomic mass is 10.1. The van der Waals surface area contributed by atoms with Crippen molar-refractivity contribution in [3.63, 3.8) is 0 Å². The molecule has 0 amide bonds. The van der Waals surface area contributed by atoms with Crippen molar-refractivity contribution >= 4 is 29.9 Å². The van der Waals surface area contributed by atoms with E-state index in [0.29, 0.717) is 36.4 Å². The van der Waals surface area contributed by atoms with Crippen LogP contribution in [0.15, 0.2) is 23.2 Å². The van der Waals surface area contributed by atoms with Gasteiger partial charge >= 0.3 is 0 Å². The van der Waals surface area contributed by atoms with Crippen molar-refractivity contribution < 1.29 is 8.78 Å². The summed E-state index contributed by atoms with van der Waals surface area (Å²) < 4.78 is 26.4. The second-order valence-electron chi connectivity index (χ2n) is 4.95. The van der Waals surface area contributed by atoms with Crippen LogP contribution in [0.25, 0.3) is 0 Å². The van der Waals surface area contributed by atoms with Crippen LogP contribution in [-0.4, -0.2) is 25.6 Å². The average molecular weight is 395 g/mol. The topological polar surface area (TPSA) is 36.4 Å². The molecule has 2 N–H and O–H groups in total. The standard InChI is InChI=1S/C14H19F2N3.HI/c1-9-7-13(9)19-14(17-2)18-6-5-10-8-11(15)3-4-12(10)16;/h3-4,8-9,13H,5-7H2,1-2H3,(H2,17,18,19);1H. The number of hydrogen-bond donors (Lipinski definition) is 2. The van der Waals surface area contributed by atoms with E-state index in [-0.39, 0.29) is 29.8 Å². The minimum atomic E-state index is -0.411. The molecule has 0 radical (unpaired) electrons. The third-order valence-corrected chi connectivity index (χ3v) is 3.35. The quantitative estimate of drug-likeness (QED) is 0.468. The zero-order valence-electron chi connectivity index (χ0n) is 11.6. The van der Waals surface area contributed by atoms with Crippen molar-refractivity contribution in [2.24, 2.45) is 10.9 Å². The van der Waals surface area contributed by atoms with Crippen LogP contribution < -0.4 is 10.6 Å². The molecular weight excluding hydrogens is 375 g/mol. The van der Waals surface area contributed by atoms with Gasteiger partial charge in [0.1, 0.15) is 11.6 Å². The first kappa shape index (κ1) is 17.1. The maximum absolute atomic E-state index is 13.4. The van der Waals surface area contributed by atoms with Crippen molar-refractivity contribution in [1.82, 2.24) is 10.6 Å². The predicted octanol–water partition coefficient (Wildman–Crippen LogP) is 2.70. The summed E-state index contributed by atoms with van der Waals surface area (Å²) in [6.45, 7) is 2.69. The monoisotopic (exact) mass is 395 g/mol. The van der Waals surface area contributed by atoms with Crippen molar-refractivity contribution in [3.05, 3.63) is 35.4 Å². The first-order valence-corrected chi connectivity index (χ1v) is 6.51. The second kappa shape index (κ2) is 7.75. The molecule has 1 aliphatic carbocycles. The molecule has 0 aromatic heterocycles. The molecule has 1 aromatic carbocycles. The molecule has 0 spiro atoms. The summed E-state index contributed by atoms with van der Waals surface area (Å²) >= 11 is 0. The Kier molecular flexibility index (Phi) is 6.64. The summed E-state index contributed by atoms with van der Waals surface area (Å²) in [5, 5.41) is 6.38. The minimum Gasteiger partial charge on any atom is -0.356 e. The van der Waals surface area contributed by atoms with Gasteiger partial charge in [0, 0.05) is 19.6 Å². The summed E-state index contributed by atoms with van der Waals surface area (Å²) in [5.74, 6) is 0.609. The number of halogens is 3. The van der Waals surface area contributed by atoms with Crippen LogP contribution in [0.2, 0.25) is 0 Å². The zero-order valence-corrected chi connectivity index (χ0v) is 13.9. The minimum absolute atomic E-state index is 0. The fourth-order valence-electron chi connectivity index (χ4n) is 1.94. The molecule has 1 fully saturated rings. The Morgan fingerprint density at radius 2 is 2.10 bits per heavy atom. The number of aliphatic imine (C=N–C) groups is 1. The maximum Gasteiger partial charge on any atom is 0.191 e. The maximum atomic E-state index is 13.4.